The normalized spacial score (nSPS) is 15.0. The van der Waals surface area contributed by atoms with Crippen LogP contribution < -0.4 is 4.90 Å². The van der Waals surface area contributed by atoms with Crippen molar-refractivity contribution in [2.45, 2.75) is 33.2 Å². The van der Waals surface area contributed by atoms with Gasteiger partial charge in [0.25, 0.3) is 0 Å². The number of aryl methyl sites for hydroxylation is 1. The number of benzene rings is 1. The van der Waals surface area contributed by atoms with E-state index in [4.69, 9.17) is 16.6 Å². The van der Waals surface area contributed by atoms with Crippen LogP contribution >= 0.6 is 11.6 Å². The van der Waals surface area contributed by atoms with Crippen molar-refractivity contribution in [1.29, 1.82) is 0 Å². The molecule has 1 aliphatic heterocycles. The van der Waals surface area contributed by atoms with Crippen LogP contribution in [-0.2, 0) is 11.3 Å². The third kappa shape index (κ3) is 5.46. The Labute approximate surface area is 182 Å². The Morgan fingerprint density at radius 2 is 1.93 bits per heavy atom. The van der Waals surface area contributed by atoms with Crippen molar-refractivity contribution in [2.24, 2.45) is 0 Å². The second kappa shape index (κ2) is 9.71. The van der Waals surface area contributed by atoms with E-state index in [1.807, 2.05) is 13.0 Å². The van der Waals surface area contributed by atoms with Gasteiger partial charge in [-0.25, -0.2) is 14.4 Å². The van der Waals surface area contributed by atoms with Crippen molar-refractivity contribution in [3.05, 3.63) is 52.2 Å². The Hall–Kier alpha value is -2.25. The van der Waals surface area contributed by atoms with Crippen LogP contribution in [0.2, 0.25) is 5.02 Å². The lowest BCUT2D eigenvalue weighted by Gasteiger charge is -2.36. The number of nitrogens with zero attached hydrogens (tertiary/aromatic N) is 5. The second-order valence-corrected chi connectivity index (χ2v) is 8.50. The number of hydrogen-bond donors (Lipinski definition) is 0. The number of likely N-dealkylation sites (N-methyl/N-ethyl adjacent to an activating group) is 1. The molecule has 1 aliphatic rings. The summed E-state index contributed by atoms with van der Waals surface area (Å²) in [5.41, 5.74) is 1.31. The van der Waals surface area contributed by atoms with Gasteiger partial charge in [-0.1, -0.05) is 31.5 Å². The van der Waals surface area contributed by atoms with Crippen LogP contribution in [0.4, 0.5) is 10.2 Å². The number of carbonyl (C=O) groups excluding carboxylic acids is 1. The summed E-state index contributed by atoms with van der Waals surface area (Å²) in [7, 11) is 1.68. The maximum Gasteiger partial charge on any atom is 0.236 e. The van der Waals surface area contributed by atoms with Gasteiger partial charge in [-0.3, -0.25) is 9.69 Å². The van der Waals surface area contributed by atoms with Crippen molar-refractivity contribution in [3.63, 3.8) is 0 Å². The first-order valence-corrected chi connectivity index (χ1v) is 10.6. The Balaban J connectivity index is 1.55. The summed E-state index contributed by atoms with van der Waals surface area (Å²) in [6, 6.07) is 6.57. The number of amides is 1. The van der Waals surface area contributed by atoms with E-state index in [0.29, 0.717) is 17.1 Å². The van der Waals surface area contributed by atoms with Crippen molar-refractivity contribution in [1.82, 2.24) is 19.8 Å². The summed E-state index contributed by atoms with van der Waals surface area (Å²) in [6.07, 6.45) is 0. The summed E-state index contributed by atoms with van der Waals surface area (Å²) < 4.78 is 14.0. The monoisotopic (exact) mass is 433 g/mol. The van der Waals surface area contributed by atoms with Gasteiger partial charge in [0, 0.05) is 68.0 Å². The van der Waals surface area contributed by atoms with Crippen LogP contribution in [0.25, 0.3) is 0 Å². The third-order valence-corrected chi connectivity index (χ3v) is 5.67. The number of piperazine rings is 1. The fraction of sp³-hybridized carbons (Fsp3) is 0.500. The quantitative estimate of drug-likeness (QED) is 0.698. The minimum absolute atomic E-state index is 0.0530. The number of anilines is 1. The van der Waals surface area contributed by atoms with E-state index in [9.17, 15) is 9.18 Å². The van der Waals surface area contributed by atoms with Gasteiger partial charge in [0.15, 0.2) is 0 Å². The number of carbonyl (C=O) groups is 1. The van der Waals surface area contributed by atoms with Crippen LogP contribution in [0.5, 0.6) is 0 Å². The van der Waals surface area contributed by atoms with Crippen LogP contribution in [0, 0.1) is 12.7 Å². The standard InChI is InChI=1S/C22H29ClFN5O/c1-15(2)22-25-16(3)12-20(26-22)29-10-8-28(9-11-29)14-21(30)27(4)13-17-18(23)6-5-7-19(17)24/h5-7,12,15H,8-11,13-14H2,1-4H3. The molecule has 1 aromatic carbocycles. The molecular formula is C22H29ClFN5O. The van der Waals surface area contributed by atoms with Gasteiger partial charge in [0.2, 0.25) is 5.91 Å². The Morgan fingerprint density at radius 3 is 2.57 bits per heavy atom. The second-order valence-electron chi connectivity index (χ2n) is 8.09. The van der Waals surface area contributed by atoms with Gasteiger partial charge < -0.3 is 9.80 Å². The Bertz CT molecular complexity index is 879. The maximum absolute atomic E-state index is 14.0. The van der Waals surface area contributed by atoms with Crippen molar-refractivity contribution in [2.75, 3.05) is 44.7 Å². The molecule has 6 nitrogen and oxygen atoms in total. The molecule has 30 heavy (non-hydrogen) atoms. The van der Waals surface area contributed by atoms with Crippen LogP contribution in [0.3, 0.4) is 0 Å². The molecule has 1 amide bonds. The SMILES string of the molecule is Cc1cc(N2CCN(CC(=O)N(C)Cc3c(F)cccc3Cl)CC2)nc(C(C)C)n1. The molecule has 0 spiro atoms. The van der Waals surface area contributed by atoms with Crippen LogP contribution in [0.15, 0.2) is 24.3 Å². The molecule has 0 bridgehead atoms. The number of aromatic nitrogens is 2. The maximum atomic E-state index is 14.0. The molecule has 0 radical (unpaired) electrons. The van der Waals surface area contributed by atoms with E-state index < -0.39 is 5.82 Å². The topological polar surface area (TPSA) is 52.6 Å². The summed E-state index contributed by atoms with van der Waals surface area (Å²) >= 11 is 6.08. The van der Waals surface area contributed by atoms with E-state index in [1.54, 1.807) is 19.2 Å². The number of hydrogen-bond acceptors (Lipinski definition) is 5. The molecule has 1 fully saturated rings. The lowest BCUT2D eigenvalue weighted by molar-refractivity contribution is -0.131. The highest BCUT2D eigenvalue weighted by molar-refractivity contribution is 6.31. The molecule has 2 aromatic rings. The van der Waals surface area contributed by atoms with E-state index in [2.05, 4.69) is 28.6 Å². The zero-order valence-corrected chi connectivity index (χ0v) is 18.8. The predicted octanol–water partition coefficient (Wildman–Crippen LogP) is 3.48. The van der Waals surface area contributed by atoms with Gasteiger partial charge in [-0.2, -0.15) is 0 Å². The van der Waals surface area contributed by atoms with Gasteiger partial charge in [-0.15, -0.1) is 0 Å². The van der Waals surface area contributed by atoms with E-state index in [1.165, 1.54) is 11.0 Å². The first-order valence-electron chi connectivity index (χ1n) is 10.2. The Kier molecular flexibility index (Phi) is 7.26. The molecule has 2 heterocycles. The molecule has 8 heteroatoms. The molecule has 1 saturated heterocycles. The van der Waals surface area contributed by atoms with Gasteiger partial charge in [-0.05, 0) is 19.1 Å². The lowest BCUT2D eigenvalue weighted by Crippen LogP contribution is -2.50. The Morgan fingerprint density at radius 1 is 1.23 bits per heavy atom. The lowest BCUT2D eigenvalue weighted by atomic mass is 10.2. The van der Waals surface area contributed by atoms with E-state index in [0.717, 1.165) is 43.5 Å². The molecule has 162 valence electrons. The minimum Gasteiger partial charge on any atom is -0.354 e. The number of rotatable bonds is 6. The summed E-state index contributed by atoms with van der Waals surface area (Å²) in [4.78, 5) is 27.7. The zero-order chi connectivity index (χ0) is 21.8. The summed E-state index contributed by atoms with van der Waals surface area (Å²) in [5, 5.41) is 0.337. The van der Waals surface area contributed by atoms with Gasteiger partial charge in [0.05, 0.1) is 6.54 Å². The fourth-order valence-electron chi connectivity index (χ4n) is 3.45. The highest BCUT2D eigenvalue weighted by Crippen LogP contribution is 2.21. The van der Waals surface area contributed by atoms with Crippen LogP contribution in [0.1, 0.15) is 36.8 Å². The molecular weight excluding hydrogens is 405 g/mol. The molecule has 3 rings (SSSR count). The van der Waals surface area contributed by atoms with E-state index >= 15 is 0 Å². The molecule has 0 aliphatic carbocycles. The first kappa shape index (κ1) is 22.4. The van der Waals surface area contributed by atoms with Crippen LogP contribution in [-0.4, -0.2) is 65.4 Å². The molecule has 0 atom stereocenters. The van der Waals surface area contributed by atoms with Gasteiger partial charge >= 0.3 is 0 Å². The summed E-state index contributed by atoms with van der Waals surface area (Å²) in [6.45, 7) is 9.75. The highest BCUT2D eigenvalue weighted by atomic mass is 35.5. The molecule has 0 unspecified atom stereocenters. The molecule has 1 aromatic heterocycles. The summed E-state index contributed by atoms with van der Waals surface area (Å²) in [5.74, 6) is 1.64. The first-order chi connectivity index (χ1) is 14.2. The molecule has 0 saturated carbocycles. The average Bonchev–Trinajstić information content (AvgIpc) is 2.70. The van der Waals surface area contributed by atoms with Crippen molar-refractivity contribution in [3.8, 4) is 0 Å². The predicted molar refractivity (Wildman–Crippen MR) is 117 cm³/mol. The van der Waals surface area contributed by atoms with Crippen molar-refractivity contribution < 1.29 is 9.18 Å². The van der Waals surface area contributed by atoms with Gasteiger partial charge in [0.1, 0.15) is 17.5 Å². The third-order valence-electron chi connectivity index (χ3n) is 5.31. The molecule has 0 N–H and O–H groups in total. The largest absolute Gasteiger partial charge is 0.354 e. The van der Waals surface area contributed by atoms with Crippen molar-refractivity contribution >= 4 is 23.3 Å². The number of halogens is 2. The highest BCUT2D eigenvalue weighted by Gasteiger charge is 2.23. The fourth-order valence-corrected chi connectivity index (χ4v) is 3.67. The van der Waals surface area contributed by atoms with E-state index in [-0.39, 0.29) is 18.4 Å². The average molecular weight is 434 g/mol. The smallest absolute Gasteiger partial charge is 0.236 e. The minimum atomic E-state index is -0.392. The zero-order valence-electron chi connectivity index (χ0n) is 18.0.